The van der Waals surface area contributed by atoms with Gasteiger partial charge in [-0.3, -0.25) is 14.4 Å². The Balaban J connectivity index is 0. The van der Waals surface area contributed by atoms with E-state index in [1.165, 1.54) is 6.41 Å². The van der Waals surface area contributed by atoms with Crippen molar-refractivity contribution in [3.05, 3.63) is 0 Å². The van der Waals surface area contributed by atoms with E-state index in [1.54, 1.807) is 6.92 Å². The Morgan fingerprint density at radius 1 is 0.970 bits per heavy atom. The molecule has 10 nitrogen and oxygen atoms in total. The number of carbonyl (C=O) groups excluding carboxylic acids is 5. The van der Waals surface area contributed by atoms with E-state index in [0.717, 1.165) is 6.21 Å². The van der Waals surface area contributed by atoms with Crippen LogP contribution in [0.25, 0.3) is 0 Å². The molecule has 0 radical (unpaired) electrons. The molecular formula is C22H36FmN4O6. The number of hydrogen-bond acceptors (Lipinski definition) is 6. The van der Waals surface area contributed by atoms with Crippen LogP contribution >= 0.6 is 0 Å². The number of nitrogens with one attached hydrogen (secondary N) is 3. The van der Waals surface area contributed by atoms with Crippen LogP contribution in [0.1, 0.15) is 60.3 Å². The Labute approximate surface area is 189 Å². The quantitative estimate of drug-likeness (QED) is 0.0668. The predicted octanol–water partition coefficient (Wildman–Crippen LogP) is -0.175. The molecule has 0 aromatic rings. The summed E-state index contributed by atoms with van der Waals surface area (Å²) in [7, 11) is 0. The summed E-state index contributed by atoms with van der Waals surface area (Å²) in [4.78, 5) is 60.4. The molecule has 33 heavy (non-hydrogen) atoms. The van der Waals surface area contributed by atoms with Gasteiger partial charge in [0.25, 0.3) is 6.72 Å². The molecule has 0 aliphatic heterocycles. The van der Waals surface area contributed by atoms with Gasteiger partial charge < -0.3 is 25.5 Å². The summed E-state index contributed by atoms with van der Waals surface area (Å²) in [5.74, 6) is -1.94. The zero-order valence-electron chi connectivity index (χ0n) is 19.9. The van der Waals surface area contributed by atoms with Crippen molar-refractivity contribution >= 4 is 42.9 Å². The third-order valence-electron chi connectivity index (χ3n) is 4.40. The second-order valence-electron chi connectivity index (χ2n) is 8.25. The van der Waals surface area contributed by atoms with Crippen LogP contribution in [0.5, 0.6) is 0 Å². The average molecular weight is 710 g/mol. The molecule has 0 fully saturated rings. The predicted molar refractivity (Wildman–Crippen MR) is 122 cm³/mol. The zero-order valence-corrected chi connectivity index (χ0v) is 22.3. The molecule has 0 bridgehead atoms. The molecule has 0 aromatic carbocycles. The van der Waals surface area contributed by atoms with E-state index in [9.17, 15) is 24.0 Å². The van der Waals surface area contributed by atoms with Gasteiger partial charge in [0, 0.05) is 6.42 Å². The molecule has 3 amide bonds. The van der Waals surface area contributed by atoms with Crippen molar-refractivity contribution < 1.29 is 28.7 Å². The number of Topliss-reactive ketones (excluding diaryl/α,β-unsaturated/α-hetero) is 1. The summed E-state index contributed by atoms with van der Waals surface area (Å²) < 4.78 is 8.39. The van der Waals surface area contributed by atoms with Gasteiger partial charge >= 0.3 is 12.2 Å². The maximum Gasteiger partial charge on any atom is 0.334 e. The molecule has 2 unspecified atom stereocenters. The molecule has 0 saturated heterocycles. The van der Waals surface area contributed by atoms with E-state index < -0.39 is 35.9 Å². The summed E-state index contributed by atoms with van der Waals surface area (Å²) in [5, 5.41) is 7.60. The molecule has 0 aliphatic carbocycles. The Bertz CT molecular complexity index is 707. The average Bonchev–Trinajstić information content (AvgIpc) is 2.69. The van der Waals surface area contributed by atoms with Crippen LogP contribution < -0.4 is 20.6 Å². The van der Waals surface area contributed by atoms with Crippen LogP contribution in [0, 0.1) is 11.8 Å². The molecule has 0 aromatic heterocycles. The molecule has 0 rings (SSSR count). The third-order valence-corrected chi connectivity index (χ3v) is 4.40. The van der Waals surface area contributed by atoms with Gasteiger partial charge in [0.05, 0.1) is 12.6 Å². The minimum atomic E-state index is -1.07. The Kier molecular flexibility index (Phi) is 15.7. The van der Waals surface area contributed by atoms with E-state index in [2.05, 4.69) is 27.3 Å². The topological polar surface area (TPSA) is 145 Å². The minimum absolute atomic E-state index is 0. The second kappa shape index (κ2) is 16.7. The van der Waals surface area contributed by atoms with Gasteiger partial charge in [-0.25, -0.2) is 4.79 Å². The van der Waals surface area contributed by atoms with Gasteiger partial charge in [-0.05, 0) is 38.0 Å². The van der Waals surface area contributed by atoms with Crippen molar-refractivity contribution in [3.63, 3.8) is 0 Å². The second-order valence-corrected chi connectivity index (χ2v) is 8.25. The SMILES string of the molecule is C=[N+]=CC(=O)CCC(NC(=O)[C@H](CC(C)C)NC(=O)C(CC(C)C)N[C-]=O)C(=O)OCC.[Fm]. The van der Waals surface area contributed by atoms with Crippen LogP contribution in [0.15, 0.2) is 0 Å². The van der Waals surface area contributed by atoms with E-state index in [1.807, 2.05) is 27.7 Å². The number of ether oxygens (including phenoxy) is 1. The van der Waals surface area contributed by atoms with Gasteiger partial charge in [0.15, 0.2) is 0 Å². The van der Waals surface area contributed by atoms with E-state index >= 15 is 0 Å². The smallest absolute Gasteiger partial charge is 0.334 e. The van der Waals surface area contributed by atoms with Crippen molar-refractivity contribution in [1.82, 2.24) is 20.6 Å². The van der Waals surface area contributed by atoms with Gasteiger partial charge in [-0.15, -0.1) is 4.67 Å². The number of rotatable bonds is 16. The number of nitrogens with zero attached hydrogens (tertiary/aromatic N) is 1. The normalized spacial score (nSPS) is 12.9. The Morgan fingerprint density at radius 3 is 1.97 bits per heavy atom. The largest absolute Gasteiger partial charge is 0.520 e. The summed E-state index contributed by atoms with van der Waals surface area (Å²) in [6.45, 7) is 12.5. The minimum Gasteiger partial charge on any atom is -0.520 e. The zero-order chi connectivity index (χ0) is 24.7. The molecule has 0 spiro atoms. The van der Waals surface area contributed by atoms with E-state index in [4.69, 9.17) is 4.74 Å². The monoisotopic (exact) mass is 709 g/mol. The van der Waals surface area contributed by atoms with Crippen molar-refractivity contribution in [2.45, 2.75) is 78.4 Å². The van der Waals surface area contributed by atoms with E-state index in [0.29, 0.717) is 12.8 Å². The van der Waals surface area contributed by atoms with Gasteiger partial charge in [0.2, 0.25) is 17.6 Å². The number of hydrogen-bond donors (Lipinski definition) is 3. The first-order valence-electron chi connectivity index (χ1n) is 10.8. The molecule has 0 saturated carbocycles. The molecule has 3 atom stereocenters. The van der Waals surface area contributed by atoms with Crippen LogP contribution in [-0.4, -0.2) is 67.6 Å². The number of esters is 1. The molecule has 3 N–H and O–H groups in total. The molecular weight excluding hydrogens is 673 g/mol. The summed E-state index contributed by atoms with van der Waals surface area (Å²) >= 11 is 0. The summed E-state index contributed by atoms with van der Waals surface area (Å²) in [5.41, 5.74) is 0. The third kappa shape index (κ3) is 13.1. The van der Waals surface area contributed by atoms with Gasteiger partial charge in [-0.1, -0.05) is 27.7 Å². The fourth-order valence-electron chi connectivity index (χ4n) is 2.97. The first-order chi connectivity index (χ1) is 15.0. The fraction of sp³-hybridized carbons (Fsp3) is 0.682. The molecule has 192 valence electrons. The molecule has 0 heterocycles. The van der Waals surface area contributed by atoms with Crippen molar-refractivity contribution in [2.75, 3.05) is 6.61 Å². The maximum atomic E-state index is 13.0. The standard InChI is InChI=1S/C22H36N4O6.Fm/c1-7-32-22(31)17(9-8-16(28)12-23-6)25-21(30)19(11-15(4)5)26-20(29)18(24-13-27)10-14(2)3;/h12,14-15,17-19H,6-11H2,1-5H3,(H,24,27)(H,25,30)(H,26,29);/t17?,18?,19-;/m0./s1. The summed E-state index contributed by atoms with van der Waals surface area (Å²) in [6, 6.07) is -2.85. The van der Waals surface area contributed by atoms with Crippen LogP contribution in [0.3, 0.4) is 0 Å². The van der Waals surface area contributed by atoms with Crippen molar-refractivity contribution in [1.29, 1.82) is 0 Å². The van der Waals surface area contributed by atoms with E-state index in [-0.39, 0.29) is 37.1 Å². The van der Waals surface area contributed by atoms with Crippen LogP contribution in [-0.2, 0) is 28.7 Å². The van der Waals surface area contributed by atoms with Crippen LogP contribution in [0.2, 0.25) is 0 Å². The fourth-order valence-corrected chi connectivity index (χ4v) is 2.97. The molecule has 11 heteroatoms. The van der Waals surface area contributed by atoms with Crippen molar-refractivity contribution in [2.24, 2.45) is 11.8 Å². The van der Waals surface area contributed by atoms with Gasteiger partial charge in [0.1, 0.15) is 12.1 Å². The number of ketones is 1. The maximum absolute atomic E-state index is 13.0. The number of carbonyl (C=O) groups is 4. The molecule has 0 aliphatic rings. The summed E-state index contributed by atoms with van der Waals surface area (Å²) in [6.07, 6.45) is 3.21. The first-order valence-corrected chi connectivity index (χ1v) is 10.8. The van der Waals surface area contributed by atoms with Gasteiger partial charge in [-0.2, -0.15) is 6.41 Å². The number of amides is 3. The van der Waals surface area contributed by atoms with Crippen LogP contribution in [0.4, 0.5) is 0 Å². The Morgan fingerprint density at radius 2 is 1.48 bits per heavy atom. The first kappa shape index (κ1) is 31.2. The van der Waals surface area contributed by atoms with Crippen molar-refractivity contribution in [3.8, 4) is 0 Å². The Hall–Kier alpha value is -4.00.